The first kappa shape index (κ1) is 20.9. The second-order valence-electron chi connectivity index (χ2n) is 6.47. The molecule has 0 unspecified atom stereocenters. The third-order valence-electron chi connectivity index (χ3n) is 4.40. The number of amides is 1. The summed E-state index contributed by atoms with van der Waals surface area (Å²) in [4.78, 5) is 16.7. The zero-order chi connectivity index (χ0) is 19.6. The molecule has 0 spiro atoms. The Hall–Kier alpha value is -1.84. The molecule has 1 amide bonds. The van der Waals surface area contributed by atoms with Crippen LogP contribution in [0.5, 0.6) is 5.75 Å². The van der Waals surface area contributed by atoms with Crippen molar-refractivity contribution in [1.82, 2.24) is 20.0 Å². The molecule has 1 saturated heterocycles. The van der Waals surface area contributed by atoms with Crippen LogP contribution in [0, 0.1) is 0 Å². The predicted molar refractivity (Wildman–Crippen MR) is 114 cm³/mol. The number of anilines is 1. The molecular weight excluding hydrogens is 394 g/mol. The maximum Gasteiger partial charge on any atom is 0.233 e. The van der Waals surface area contributed by atoms with E-state index in [2.05, 4.69) is 27.3 Å². The van der Waals surface area contributed by atoms with Gasteiger partial charge in [0.05, 0.1) is 5.75 Å². The summed E-state index contributed by atoms with van der Waals surface area (Å²) >= 11 is 2.97. The topological polar surface area (TPSA) is 70.6 Å². The van der Waals surface area contributed by atoms with Crippen molar-refractivity contribution in [3.63, 3.8) is 0 Å². The Morgan fingerprint density at radius 2 is 2.00 bits per heavy atom. The molecule has 1 N–H and O–H groups in total. The molecule has 0 saturated carbocycles. The number of para-hydroxylation sites is 1. The Morgan fingerprint density at radius 3 is 2.75 bits per heavy atom. The van der Waals surface area contributed by atoms with E-state index in [1.807, 2.05) is 35.2 Å². The number of thioether (sulfide) groups is 1. The minimum atomic E-state index is 0.170. The van der Waals surface area contributed by atoms with Gasteiger partial charge < -0.3 is 15.0 Å². The average Bonchev–Trinajstić information content (AvgIpc) is 3.19. The van der Waals surface area contributed by atoms with Crippen molar-refractivity contribution in [1.29, 1.82) is 0 Å². The molecule has 1 aliphatic heterocycles. The van der Waals surface area contributed by atoms with E-state index in [1.54, 1.807) is 0 Å². The third kappa shape index (κ3) is 6.65. The fraction of sp³-hybridized carbons (Fsp3) is 0.526. The van der Waals surface area contributed by atoms with Crippen molar-refractivity contribution < 1.29 is 9.53 Å². The number of nitrogens with zero attached hydrogens (tertiary/aromatic N) is 4. The van der Waals surface area contributed by atoms with Crippen molar-refractivity contribution in [3.8, 4) is 5.75 Å². The van der Waals surface area contributed by atoms with Gasteiger partial charge in [0.2, 0.25) is 11.0 Å². The minimum absolute atomic E-state index is 0.170. The van der Waals surface area contributed by atoms with Gasteiger partial charge in [-0.2, -0.15) is 0 Å². The molecule has 152 valence electrons. The Balaban J connectivity index is 1.31. The number of piperazine rings is 1. The quantitative estimate of drug-likeness (QED) is 0.592. The van der Waals surface area contributed by atoms with Crippen LogP contribution in [0.15, 0.2) is 34.7 Å². The highest BCUT2D eigenvalue weighted by atomic mass is 32.2. The standard InChI is InChI=1S/C19H27N5O2S2/c1-2-8-20-18-21-22-19(28-18)27-15-17(25)24-11-9-23(10-12-24)13-14-26-16-6-4-3-5-7-16/h3-7H,2,8-15H2,1H3,(H,20,21). The third-order valence-corrected chi connectivity index (χ3v) is 6.40. The molecule has 1 aromatic heterocycles. The molecule has 28 heavy (non-hydrogen) atoms. The summed E-state index contributed by atoms with van der Waals surface area (Å²) in [6, 6.07) is 9.86. The van der Waals surface area contributed by atoms with Gasteiger partial charge >= 0.3 is 0 Å². The van der Waals surface area contributed by atoms with Crippen molar-refractivity contribution in [2.75, 3.05) is 56.9 Å². The van der Waals surface area contributed by atoms with Gasteiger partial charge in [0.15, 0.2) is 4.34 Å². The minimum Gasteiger partial charge on any atom is -0.492 e. The molecule has 7 nitrogen and oxygen atoms in total. The number of carbonyl (C=O) groups is 1. The number of hydrogen-bond acceptors (Lipinski definition) is 8. The van der Waals surface area contributed by atoms with Crippen LogP contribution in [0.4, 0.5) is 5.13 Å². The maximum atomic E-state index is 12.5. The highest BCUT2D eigenvalue weighted by molar-refractivity contribution is 8.01. The van der Waals surface area contributed by atoms with Crippen LogP contribution in [0.2, 0.25) is 0 Å². The molecule has 0 bridgehead atoms. The summed E-state index contributed by atoms with van der Waals surface area (Å²) in [5, 5.41) is 12.3. The van der Waals surface area contributed by atoms with Crippen LogP contribution in [0.25, 0.3) is 0 Å². The SMILES string of the molecule is CCCNc1nnc(SCC(=O)N2CCN(CCOc3ccccc3)CC2)s1. The van der Waals surface area contributed by atoms with Crippen LogP contribution in [-0.4, -0.2) is 77.5 Å². The van der Waals surface area contributed by atoms with E-state index in [0.717, 1.165) is 60.9 Å². The second kappa shape index (κ2) is 11.2. The summed E-state index contributed by atoms with van der Waals surface area (Å²) in [6.07, 6.45) is 1.05. The molecule has 1 aromatic carbocycles. The molecule has 0 radical (unpaired) electrons. The molecule has 0 atom stereocenters. The number of ether oxygens (including phenoxy) is 1. The van der Waals surface area contributed by atoms with E-state index in [0.29, 0.717) is 12.4 Å². The fourth-order valence-electron chi connectivity index (χ4n) is 2.82. The van der Waals surface area contributed by atoms with Gasteiger partial charge in [-0.1, -0.05) is 48.2 Å². The largest absolute Gasteiger partial charge is 0.492 e. The van der Waals surface area contributed by atoms with Gasteiger partial charge in [-0.15, -0.1) is 10.2 Å². The van der Waals surface area contributed by atoms with Gasteiger partial charge in [-0.3, -0.25) is 9.69 Å². The number of carbonyl (C=O) groups excluding carboxylic acids is 1. The summed E-state index contributed by atoms with van der Waals surface area (Å²) in [7, 11) is 0. The average molecular weight is 422 g/mol. The van der Waals surface area contributed by atoms with Crippen molar-refractivity contribution in [2.45, 2.75) is 17.7 Å². The predicted octanol–water partition coefficient (Wildman–Crippen LogP) is 2.68. The van der Waals surface area contributed by atoms with Gasteiger partial charge in [-0.05, 0) is 18.6 Å². The van der Waals surface area contributed by atoms with Crippen LogP contribution in [-0.2, 0) is 4.79 Å². The first-order valence-corrected chi connectivity index (χ1v) is 11.4. The molecule has 2 heterocycles. The lowest BCUT2D eigenvalue weighted by Gasteiger charge is -2.34. The highest BCUT2D eigenvalue weighted by Crippen LogP contribution is 2.25. The summed E-state index contributed by atoms with van der Waals surface area (Å²) in [5.41, 5.74) is 0. The van der Waals surface area contributed by atoms with Gasteiger partial charge in [0.1, 0.15) is 12.4 Å². The zero-order valence-corrected chi connectivity index (χ0v) is 17.8. The summed E-state index contributed by atoms with van der Waals surface area (Å²) < 4.78 is 6.59. The van der Waals surface area contributed by atoms with Crippen LogP contribution in [0.1, 0.15) is 13.3 Å². The van der Waals surface area contributed by atoms with Crippen molar-refractivity contribution in [3.05, 3.63) is 30.3 Å². The van der Waals surface area contributed by atoms with Gasteiger partial charge in [-0.25, -0.2) is 0 Å². The zero-order valence-electron chi connectivity index (χ0n) is 16.2. The first-order chi connectivity index (χ1) is 13.7. The molecule has 1 aliphatic rings. The summed E-state index contributed by atoms with van der Waals surface area (Å²) in [5.74, 6) is 1.49. The molecule has 0 aliphatic carbocycles. The lowest BCUT2D eigenvalue weighted by Crippen LogP contribution is -2.50. The smallest absolute Gasteiger partial charge is 0.233 e. The van der Waals surface area contributed by atoms with E-state index in [1.165, 1.54) is 23.1 Å². The normalized spacial score (nSPS) is 14.8. The fourth-order valence-corrected chi connectivity index (χ4v) is 4.50. The van der Waals surface area contributed by atoms with Crippen LogP contribution < -0.4 is 10.1 Å². The van der Waals surface area contributed by atoms with E-state index < -0.39 is 0 Å². The second-order valence-corrected chi connectivity index (χ2v) is 8.67. The molecule has 2 aromatic rings. The Morgan fingerprint density at radius 1 is 1.21 bits per heavy atom. The lowest BCUT2D eigenvalue weighted by atomic mass is 10.3. The molecule has 1 fully saturated rings. The van der Waals surface area contributed by atoms with Crippen LogP contribution >= 0.6 is 23.1 Å². The molecule has 3 rings (SSSR count). The van der Waals surface area contributed by atoms with Crippen molar-refractivity contribution >= 4 is 34.1 Å². The molecular formula is C19H27N5O2S2. The van der Waals surface area contributed by atoms with E-state index >= 15 is 0 Å². The van der Waals surface area contributed by atoms with Crippen molar-refractivity contribution in [2.24, 2.45) is 0 Å². The number of aromatic nitrogens is 2. The van der Waals surface area contributed by atoms with Gasteiger partial charge in [0.25, 0.3) is 0 Å². The number of benzene rings is 1. The van der Waals surface area contributed by atoms with E-state index in [9.17, 15) is 4.79 Å². The monoisotopic (exact) mass is 421 g/mol. The Labute approximate surface area is 174 Å². The van der Waals surface area contributed by atoms with Gasteiger partial charge in [0, 0.05) is 39.3 Å². The lowest BCUT2D eigenvalue weighted by molar-refractivity contribution is -0.130. The Bertz CT molecular complexity index is 720. The van der Waals surface area contributed by atoms with E-state index in [-0.39, 0.29) is 5.91 Å². The highest BCUT2D eigenvalue weighted by Gasteiger charge is 2.21. The molecule has 9 heteroatoms. The van der Waals surface area contributed by atoms with Crippen LogP contribution in [0.3, 0.4) is 0 Å². The van der Waals surface area contributed by atoms with E-state index in [4.69, 9.17) is 4.74 Å². The summed E-state index contributed by atoms with van der Waals surface area (Å²) in [6.45, 7) is 7.85. The Kier molecular flexibility index (Phi) is 8.38. The first-order valence-electron chi connectivity index (χ1n) is 9.62. The number of rotatable bonds is 10. The number of nitrogens with one attached hydrogen (secondary N) is 1. The number of hydrogen-bond donors (Lipinski definition) is 1. The maximum absolute atomic E-state index is 12.5.